The molecule has 4 N–H and O–H groups in total. The number of carboxylic acids is 1. The molecule has 0 spiro atoms. The largest absolute Gasteiger partial charge is 0.477 e. The number of carbonyl (C=O) groups excluding carboxylic acids is 2. The number of nitrogens with one attached hydrogen (secondary N) is 1. The molecule has 1 aliphatic carbocycles. The number of H-pyrrole nitrogens is 1. The van der Waals surface area contributed by atoms with Gasteiger partial charge in [0.25, 0.3) is 0 Å². The summed E-state index contributed by atoms with van der Waals surface area (Å²) in [6.07, 6.45) is 9.09. The third-order valence-corrected chi connectivity index (χ3v) is 7.12. The first-order valence-corrected chi connectivity index (χ1v) is 12.3. The maximum absolute atomic E-state index is 13.6. The lowest BCUT2D eigenvalue weighted by Crippen LogP contribution is -2.45. The number of ketones is 1. The van der Waals surface area contributed by atoms with E-state index in [1.54, 1.807) is 19.2 Å². The van der Waals surface area contributed by atoms with Crippen LogP contribution in [0, 0.1) is 23.2 Å². The van der Waals surface area contributed by atoms with Gasteiger partial charge < -0.3 is 25.0 Å². The number of carbonyl (C=O) groups is 3. The van der Waals surface area contributed by atoms with Crippen molar-refractivity contribution in [1.82, 2.24) is 4.98 Å². The summed E-state index contributed by atoms with van der Waals surface area (Å²) in [5, 5.41) is 27.7. The molecule has 0 saturated carbocycles. The molecule has 1 aliphatic heterocycles. The van der Waals surface area contributed by atoms with E-state index in [0.717, 1.165) is 12.0 Å². The summed E-state index contributed by atoms with van der Waals surface area (Å²) in [7, 11) is 0. The Hall–Kier alpha value is -2.71. The molecule has 1 aromatic rings. The maximum atomic E-state index is 13.6. The van der Waals surface area contributed by atoms with Crippen molar-refractivity contribution in [2.75, 3.05) is 6.61 Å². The highest BCUT2D eigenvalue weighted by Gasteiger charge is 2.48. The third kappa shape index (κ3) is 6.92. The molecule has 2 heterocycles. The predicted molar refractivity (Wildman–Crippen MR) is 132 cm³/mol. The van der Waals surface area contributed by atoms with Gasteiger partial charge in [0, 0.05) is 31.1 Å². The lowest BCUT2D eigenvalue weighted by atomic mass is 9.58. The second-order valence-electron chi connectivity index (χ2n) is 9.65. The highest BCUT2D eigenvalue weighted by atomic mass is 16.6. The van der Waals surface area contributed by atoms with E-state index in [-0.39, 0.29) is 48.2 Å². The van der Waals surface area contributed by atoms with Gasteiger partial charge in [-0.1, -0.05) is 37.6 Å². The molecule has 8 nitrogen and oxygen atoms in total. The van der Waals surface area contributed by atoms with Gasteiger partial charge in [0.2, 0.25) is 0 Å². The van der Waals surface area contributed by atoms with E-state index in [1.807, 2.05) is 26.8 Å². The number of hydrogen-bond acceptors (Lipinski definition) is 6. The number of aliphatic hydroxyl groups excluding tert-OH is 2. The molecule has 0 bridgehead atoms. The lowest BCUT2D eigenvalue weighted by molar-refractivity contribution is -0.158. The van der Waals surface area contributed by atoms with Crippen LogP contribution in [0.2, 0.25) is 0 Å². The summed E-state index contributed by atoms with van der Waals surface area (Å²) in [6, 6.07) is 3.14. The van der Waals surface area contributed by atoms with Crippen LogP contribution in [0.25, 0.3) is 0 Å². The molecule has 0 radical (unpaired) electrons. The second-order valence-corrected chi connectivity index (χ2v) is 9.65. The topological polar surface area (TPSA) is 137 Å². The van der Waals surface area contributed by atoms with Crippen LogP contribution in [-0.4, -0.2) is 56.8 Å². The van der Waals surface area contributed by atoms with Crippen molar-refractivity contribution in [2.24, 2.45) is 23.2 Å². The number of ether oxygens (including phenoxy) is 1. The van der Waals surface area contributed by atoms with Gasteiger partial charge in [-0.25, -0.2) is 4.79 Å². The van der Waals surface area contributed by atoms with E-state index in [2.05, 4.69) is 17.1 Å². The monoisotopic (exact) mass is 489 g/mol. The molecule has 0 saturated heterocycles. The highest BCUT2D eigenvalue weighted by molar-refractivity contribution is 5.90. The Labute approximate surface area is 207 Å². The van der Waals surface area contributed by atoms with Gasteiger partial charge in [0.1, 0.15) is 17.6 Å². The minimum absolute atomic E-state index is 0.0148. The van der Waals surface area contributed by atoms with Crippen LogP contribution in [0.3, 0.4) is 0 Å². The summed E-state index contributed by atoms with van der Waals surface area (Å²) in [5.41, 5.74) is 0.561. The normalized spacial score (nSPS) is 29.8. The summed E-state index contributed by atoms with van der Waals surface area (Å²) >= 11 is 0. The van der Waals surface area contributed by atoms with E-state index < -0.39 is 23.6 Å². The van der Waals surface area contributed by atoms with Crippen molar-refractivity contribution in [3.8, 4) is 0 Å². The number of fused-ring (bicyclic) bond motifs is 1. The Morgan fingerprint density at radius 2 is 2.03 bits per heavy atom. The number of aromatic nitrogens is 1. The Morgan fingerprint density at radius 1 is 1.31 bits per heavy atom. The van der Waals surface area contributed by atoms with Crippen LogP contribution in [-0.2, 0) is 14.3 Å². The molecule has 35 heavy (non-hydrogen) atoms. The highest BCUT2D eigenvalue weighted by Crippen LogP contribution is 2.49. The zero-order valence-electron chi connectivity index (χ0n) is 21.1. The number of aromatic amines is 1. The fraction of sp³-hybridized carbons (Fsp3) is 0.593. The quantitative estimate of drug-likeness (QED) is 0.351. The van der Waals surface area contributed by atoms with Gasteiger partial charge in [-0.05, 0) is 57.6 Å². The molecule has 0 aromatic carbocycles. The smallest absolute Gasteiger partial charge is 0.352 e. The van der Waals surface area contributed by atoms with E-state index >= 15 is 0 Å². The number of cyclic esters (lactones) is 1. The van der Waals surface area contributed by atoms with E-state index in [0.29, 0.717) is 19.3 Å². The number of carboxylic acid groups (broad SMARTS) is 1. The number of allylic oxidation sites excluding steroid dienone is 3. The molecule has 8 heteroatoms. The molecule has 3 rings (SSSR count). The van der Waals surface area contributed by atoms with Gasteiger partial charge in [-0.3, -0.25) is 9.59 Å². The minimum atomic E-state index is -0.921. The van der Waals surface area contributed by atoms with Crippen LogP contribution in [0.5, 0.6) is 0 Å². The standard InChI is InChI=1S/C22H34O5.C5H5NO2/c1-14(10-12-23)21(26)22-11-6-5-7-18(22)8-9-19(25)27-20(17(4)24)15(2)13-16(22)3;7-5(8)4-2-1-3-6-4/h5,7,13-15,17-18,20,23-24H,6,8-12H2,1-4H3;1-3,6H,(H,7,8)/b16-13+;. The molecule has 2 aliphatic rings. The first kappa shape index (κ1) is 28.5. The molecule has 6 unspecified atom stereocenters. The summed E-state index contributed by atoms with van der Waals surface area (Å²) in [6.45, 7) is 7.40. The van der Waals surface area contributed by atoms with Gasteiger partial charge >= 0.3 is 11.9 Å². The Bertz CT molecular complexity index is 918. The van der Waals surface area contributed by atoms with Crippen molar-refractivity contribution in [3.63, 3.8) is 0 Å². The van der Waals surface area contributed by atoms with Crippen molar-refractivity contribution in [3.05, 3.63) is 47.8 Å². The van der Waals surface area contributed by atoms with Crippen molar-refractivity contribution in [1.29, 1.82) is 0 Å². The number of aliphatic hydroxyl groups is 2. The van der Waals surface area contributed by atoms with E-state index in [1.165, 1.54) is 6.07 Å². The molecule has 194 valence electrons. The number of aromatic carboxylic acids is 1. The predicted octanol–water partition coefficient (Wildman–Crippen LogP) is 3.91. The van der Waals surface area contributed by atoms with Gasteiger partial charge in [-0.2, -0.15) is 0 Å². The van der Waals surface area contributed by atoms with Crippen LogP contribution in [0.15, 0.2) is 42.1 Å². The SMILES string of the molecule is C/C1=C\C(C)C(C(C)O)OC(=O)CCC2C=CCCC12C(=O)C(C)CCO.O=C(O)c1ccc[nH]1. The van der Waals surface area contributed by atoms with Crippen molar-refractivity contribution < 1.29 is 34.4 Å². The molecule has 6 atom stereocenters. The van der Waals surface area contributed by atoms with Crippen LogP contribution in [0.4, 0.5) is 0 Å². The Kier molecular flexibility index (Phi) is 10.5. The second kappa shape index (κ2) is 12.8. The first-order valence-electron chi connectivity index (χ1n) is 12.3. The fourth-order valence-electron chi connectivity index (χ4n) is 5.25. The van der Waals surface area contributed by atoms with Gasteiger partial charge in [0.05, 0.1) is 11.5 Å². The summed E-state index contributed by atoms with van der Waals surface area (Å²) in [4.78, 5) is 38.5. The van der Waals surface area contributed by atoms with Crippen LogP contribution < -0.4 is 0 Å². The number of esters is 1. The first-order chi connectivity index (χ1) is 16.5. The molecule has 1 aromatic heterocycles. The molecule has 0 amide bonds. The van der Waals surface area contributed by atoms with Crippen molar-refractivity contribution in [2.45, 2.75) is 72.0 Å². The third-order valence-electron chi connectivity index (χ3n) is 7.12. The molecular formula is C27H39NO7. The summed E-state index contributed by atoms with van der Waals surface area (Å²) in [5.74, 6) is -1.60. The molecule has 0 fully saturated rings. The average molecular weight is 490 g/mol. The number of Topliss-reactive ketones (excluding diaryl/α,β-unsaturated/α-hetero) is 1. The Balaban J connectivity index is 0.000000456. The fourth-order valence-corrected chi connectivity index (χ4v) is 5.25. The van der Waals surface area contributed by atoms with Crippen LogP contribution in [0.1, 0.15) is 70.3 Å². The zero-order chi connectivity index (χ0) is 26.2. The van der Waals surface area contributed by atoms with Crippen LogP contribution >= 0.6 is 0 Å². The van der Waals surface area contributed by atoms with Gasteiger partial charge in [-0.15, -0.1) is 0 Å². The summed E-state index contributed by atoms with van der Waals surface area (Å²) < 4.78 is 5.53. The van der Waals surface area contributed by atoms with Gasteiger partial charge in [0.15, 0.2) is 0 Å². The number of rotatable bonds is 6. The lowest BCUT2D eigenvalue weighted by Gasteiger charge is -2.44. The average Bonchev–Trinajstić information content (AvgIpc) is 3.36. The molecular weight excluding hydrogens is 450 g/mol. The number of hydrogen-bond donors (Lipinski definition) is 4. The Morgan fingerprint density at radius 3 is 2.57 bits per heavy atom. The van der Waals surface area contributed by atoms with E-state index in [9.17, 15) is 24.6 Å². The minimum Gasteiger partial charge on any atom is -0.477 e. The maximum Gasteiger partial charge on any atom is 0.352 e. The zero-order valence-corrected chi connectivity index (χ0v) is 21.1. The van der Waals surface area contributed by atoms with E-state index in [4.69, 9.17) is 9.84 Å². The van der Waals surface area contributed by atoms with Crippen molar-refractivity contribution >= 4 is 17.7 Å².